The molecule has 0 atom stereocenters. The molecule has 7 heteroatoms. The lowest BCUT2D eigenvalue weighted by molar-refractivity contribution is 0.0603. The molecule has 0 amide bonds. The molecule has 0 fully saturated rings. The maximum atomic E-state index is 13.1. The van der Waals surface area contributed by atoms with Crippen molar-refractivity contribution < 1.29 is 9.53 Å². The van der Waals surface area contributed by atoms with E-state index in [0.717, 1.165) is 5.56 Å². The summed E-state index contributed by atoms with van der Waals surface area (Å²) >= 11 is 0. The Kier molecular flexibility index (Phi) is 4.88. The highest BCUT2D eigenvalue weighted by atomic mass is 16.5. The van der Waals surface area contributed by atoms with Crippen molar-refractivity contribution in [2.45, 2.75) is 6.54 Å². The molecule has 3 rings (SSSR count). The Balaban J connectivity index is 2.22. The zero-order chi connectivity index (χ0) is 18.7. The molecular weight excluding hydrogens is 332 g/mol. The number of hydrogen-bond donors (Lipinski definition) is 0. The molecule has 0 radical (unpaired) electrons. The fraction of sp³-hybridized carbons (Fsp3) is 0.211. The molecule has 0 aliphatic carbocycles. The van der Waals surface area contributed by atoms with Crippen LogP contribution in [0.15, 0.2) is 53.6 Å². The second kappa shape index (κ2) is 7.26. The van der Waals surface area contributed by atoms with Gasteiger partial charge in [0.15, 0.2) is 5.82 Å². The summed E-state index contributed by atoms with van der Waals surface area (Å²) in [5.74, 6) is -0.0682. The Bertz CT molecular complexity index is 1020. The van der Waals surface area contributed by atoms with Gasteiger partial charge in [-0.1, -0.05) is 30.3 Å². The minimum atomic E-state index is -0.561. The van der Waals surface area contributed by atoms with Gasteiger partial charge in [-0.15, -0.1) is 5.10 Å². The van der Waals surface area contributed by atoms with E-state index in [2.05, 4.69) is 5.10 Å². The van der Waals surface area contributed by atoms with Crippen molar-refractivity contribution in [1.82, 2.24) is 19.1 Å². The summed E-state index contributed by atoms with van der Waals surface area (Å²) in [6.45, 7) is 0.349. The molecule has 1 aromatic carbocycles. The van der Waals surface area contributed by atoms with Crippen LogP contribution in [0.4, 0.5) is 0 Å². The van der Waals surface area contributed by atoms with Crippen molar-refractivity contribution in [1.29, 1.82) is 0 Å². The molecule has 134 valence electrons. The molecule has 0 aliphatic heterocycles. The normalized spacial score (nSPS) is 11.2. The number of hydrogen-bond acceptors (Lipinski definition) is 5. The zero-order valence-electron chi connectivity index (χ0n) is 14.9. The summed E-state index contributed by atoms with van der Waals surface area (Å²) in [7, 11) is 5.06. The topological polar surface area (TPSA) is 68.8 Å². The van der Waals surface area contributed by atoms with Crippen molar-refractivity contribution in [3.63, 3.8) is 0 Å². The number of benzene rings is 1. The van der Waals surface area contributed by atoms with Crippen LogP contribution >= 0.6 is 0 Å². The summed E-state index contributed by atoms with van der Waals surface area (Å²) < 4.78 is 7.75. The third kappa shape index (κ3) is 3.37. The van der Waals surface area contributed by atoms with E-state index in [0.29, 0.717) is 12.4 Å². The van der Waals surface area contributed by atoms with E-state index < -0.39 is 5.97 Å². The van der Waals surface area contributed by atoms with Crippen LogP contribution in [0, 0.1) is 0 Å². The number of esters is 1. The molecule has 7 nitrogen and oxygen atoms in total. The van der Waals surface area contributed by atoms with E-state index >= 15 is 0 Å². The first kappa shape index (κ1) is 17.5. The predicted octanol–water partition coefficient (Wildman–Crippen LogP) is 1.86. The molecular formula is C19H20N4O3. The van der Waals surface area contributed by atoms with Gasteiger partial charge >= 0.3 is 5.97 Å². The van der Waals surface area contributed by atoms with Gasteiger partial charge in [-0.25, -0.2) is 9.31 Å². The second-order valence-electron chi connectivity index (χ2n) is 6.03. The summed E-state index contributed by atoms with van der Waals surface area (Å²) in [5, 5.41) is 4.50. The van der Waals surface area contributed by atoms with Crippen molar-refractivity contribution in [2.75, 3.05) is 21.2 Å². The van der Waals surface area contributed by atoms with E-state index in [4.69, 9.17) is 4.74 Å². The zero-order valence-corrected chi connectivity index (χ0v) is 14.9. The van der Waals surface area contributed by atoms with Crippen molar-refractivity contribution >= 4 is 17.6 Å². The Morgan fingerprint density at radius 1 is 1.23 bits per heavy atom. The van der Waals surface area contributed by atoms with Crippen molar-refractivity contribution in [3.05, 3.63) is 76.1 Å². The quantitative estimate of drug-likeness (QED) is 0.656. The minimum absolute atomic E-state index is 0.204. The number of methoxy groups -OCH3 is 1. The minimum Gasteiger partial charge on any atom is -0.465 e. The lowest BCUT2D eigenvalue weighted by atomic mass is 10.2. The van der Waals surface area contributed by atoms with Crippen LogP contribution in [0.5, 0.6) is 0 Å². The SMILES string of the molecule is COC(=O)c1ccn2nc(C=CN(C)C)n(Cc3ccccc3)c(=O)c12. The molecule has 0 bridgehead atoms. The fourth-order valence-electron chi connectivity index (χ4n) is 2.65. The lowest BCUT2D eigenvalue weighted by Crippen LogP contribution is -2.28. The highest BCUT2D eigenvalue weighted by molar-refractivity contribution is 5.96. The molecule has 0 saturated heterocycles. The van der Waals surface area contributed by atoms with Gasteiger partial charge in [0.05, 0.1) is 19.2 Å². The predicted molar refractivity (Wildman–Crippen MR) is 99.1 cm³/mol. The van der Waals surface area contributed by atoms with Gasteiger partial charge in [0, 0.05) is 26.5 Å². The van der Waals surface area contributed by atoms with Crippen molar-refractivity contribution in [2.24, 2.45) is 0 Å². The van der Waals surface area contributed by atoms with Gasteiger partial charge in [0.25, 0.3) is 5.56 Å². The van der Waals surface area contributed by atoms with Crippen LogP contribution in [0.1, 0.15) is 21.7 Å². The standard InChI is InChI=1S/C19H20N4O3/c1-21(2)11-10-16-20-23-12-9-15(19(25)26-3)17(23)18(24)22(16)13-14-7-5-4-6-8-14/h4-12H,13H2,1-3H3. The Morgan fingerprint density at radius 2 is 1.96 bits per heavy atom. The Morgan fingerprint density at radius 3 is 2.62 bits per heavy atom. The molecule has 2 heterocycles. The van der Waals surface area contributed by atoms with Gasteiger partial charge < -0.3 is 9.64 Å². The number of aromatic nitrogens is 3. The van der Waals surface area contributed by atoms with Gasteiger partial charge in [0.1, 0.15) is 5.52 Å². The molecule has 26 heavy (non-hydrogen) atoms. The van der Waals surface area contributed by atoms with Crippen LogP contribution in [0.2, 0.25) is 0 Å². The molecule has 0 N–H and O–H groups in total. The van der Waals surface area contributed by atoms with Crippen molar-refractivity contribution in [3.8, 4) is 0 Å². The molecule has 0 spiro atoms. The second-order valence-corrected chi connectivity index (χ2v) is 6.03. The third-order valence-corrected chi connectivity index (χ3v) is 3.91. The molecule has 2 aromatic heterocycles. The largest absolute Gasteiger partial charge is 0.465 e. The van der Waals surface area contributed by atoms with Crippen LogP contribution < -0.4 is 5.56 Å². The highest BCUT2D eigenvalue weighted by Crippen LogP contribution is 2.12. The van der Waals surface area contributed by atoms with Crippen LogP contribution in [-0.2, 0) is 11.3 Å². The number of nitrogens with zero attached hydrogens (tertiary/aromatic N) is 4. The van der Waals surface area contributed by atoms with Gasteiger partial charge in [-0.3, -0.25) is 9.36 Å². The Labute approximate surface area is 150 Å². The van der Waals surface area contributed by atoms with Gasteiger partial charge in [-0.05, 0) is 17.7 Å². The highest BCUT2D eigenvalue weighted by Gasteiger charge is 2.19. The van der Waals surface area contributed by atoms with E-state index in [9.17, 15) is 9.59 Å². The van der Waals surface area contributed by atoms with E-state index in [1.54, 1.807) is 22.9 Å². The summed E-state index contributed by atoms with van der Waals surface area (Å²) in [6, 6.07) is 11.2. The average Bonchev–Trinajstić information content (AvgIpc) is 3.07. The van der Waals surface area contributed by atoms with E-state index in [-0.39, 0.29) is 16.6 Å². The van der Waals surface area contributed by atoms with Gasteiger partial charge in [-0.2, -0.15) is 0 Å². The molecule has 0 aliphatic rings. The number of carbonyl (C=O) groups is 1. The van der Waals surface area contributed by atoms with Crippen LogP contribution in [-0.4, -0.2) is 46.3 Å². The van der Waals surface area contributed by atoms with Gasteiger partial charge in [0.2, 0.25) is 0 Å². The lowest BCUT2D eigenvalue weighted by Gasteiger charge is -2.12. The number of rotatable bonds is 5. The summed E-state index contributed by atoms with van der Waals surface area (Å²) in [5.41, 5.74) is 1.07. The molecule has 3 aromatic rings. The summed E-state index contributed by atoms with van der Waals surface area (Å²) in [4.78, 5) is 27.0. The molecule has 0 saturated carbocycles. The van der Waals surface area contributed by atoms with Crippen LogP contribution in [0.25, 0.3) is 11.6 Å². The monoisotopic (exact) mass is 352 g/mol. The van der Waals surface area contributed by atoms with Crippen LogP contribution in [0.3, 0.4) is 0 Å². The maximum absolute atomic E-state index is 13.1. The first-order valence-electron chi connectivity index (χ1n) is 8.10. The fourth-order valence-corrected chi connectivity index (χ4v) is 2.65. The average molecular weight is 352 g/mol. The number of carbonyl (C=O) groups excluding carboxylic acids is 1. The first-order chi connectivity index (χ1) is 12.5. The van der Waals surface area contributed by atoms with E-state index in [1.165, 1.54) is 11.6 Å². The maximum Gasteiger partial charge on any atom is 0.340 e. The van der Waals surface area contributed by atoms with E-state index in [1.807, 2.05) is 55.5 Å². The smallest absolute Gasteiger partial charge is 0.340 e. The summed E-state index contributed by atoms with van der Waals surface area (Å²) in [6.07, 6.45) is 5.17. The number of fused-ring (bicyclic) bond motifs is 1. The number of ether oxygens (including phenoxy) is 1. The first-order valence-corrected chi connectivity index (χ1v) is 8.10. The molecule has 0 unspecified atom stereocenters. The third-order valence-electron chi connectivity index (χ3n) is 3.91. The Hall–Kier alpha value is -3.35.